The standard InChI is InChI=1S/C60H67F2N11O7/c1-3-43-46(61)14-11-36-7-4-9-44(50(36)43)52-51(62)53-45(29-63-52)55(70-31-38-12-13-39(32-70)64-38)67-57(66-53)80-34-60-21-6-23-72(60)40(17-22-60)28-41-27-35(18-26-71(41)59(77)78)33-79-42-19-24-69(25-20-42)30-37-8-5-10-47-54(37)68(2)58(76)73(47)48-15-16-49(74)65-56(48)75/h1,4-5,7-11,14,29,35,38-42,48,64H,6,12-13,15-28,30-34H2,2H3,(H,77,78)(H,65,74,75)/t35?,38?,39?,40-,41?,48?,60-/m0/s1. The number of imidazole rings is 1. The van der Waals surface area contributed by atoms with Crippen molar-refractivity contribution in [3.8, 4) is 29.6 Å². The predicted molar refractivity (Wildman–Crippen MR) is 296 cm³/mol. The molecule has 418 valence electrons. The molecule has 80 heavy (non-hydrogen) atoms. The molecular weight excluding hydrogens is 1020 g/mol. The maximum Gasteiger partial charge on any atom is 0.407 e. The molecule has 20 heteroatoms. The van der Waals surface area contributed by atoms with Crippen LogP contribution >= 0.6 is 0 Å². The molecular formula is C60H67F2N11O7. The lowest BCUT2D eigenvalue weighted by molar-refractivity contribution is -0.135. The van der Waals surface area contributed by atoms with Gasteiger partial charge in [-0.1, -0.05) is 42.3 Å². The molecule has 0 radical (unpaired) electrons. The van der Waals surface area contributed by atoms with Crippen LogP contribution in [0, 0.1) is 29.9 Å². The predicted octanol–water partition coefficient (Wildman–Crippen LogP) is 6.88. The van der Waals surface area contributed by atoms with Crippen molar-refractivity contribution in [3.05, 3.63) is 88.0 Å². The molecule has 0 aliphatic carbocycles. The van der Waals surface area contributed by atoms with Gasteiger partial charge in [0.1, 0.15) is 35.5 Å². The number of imide groups is 1. The van der Waals surface area contributed by atoms with Crippen LogP contribution in [0.15, 0.2) is 59.5 Å². The number of carboxylic acid groups (broad SMARTS) is 1. The molecule has 13 rings (SSSR count). The number of nitrogens with one attached hydrogen (secondary N) is 2. The summed E-state index contributed by atoms with van der Waals surface area (Å²) in [6, 6.07) is 13.9. The number of hydrogen-bond donors (Lipinski definition) is 3. The van der Waals surface area contributed by atoms with Crippen molar-refractivity contribution in [2.24, 2.45) is 13.0 Å². The molecule has 0 spiro atoms. The number of benzene rings is 3. The van der Waals surface area contributed by atoms with Crippen LogP contribution in [-0.4, -0.2) is 150 Å². The molecule has 7 saturated heterocycles. The normalized spacial score (nSPS) is 26.6. The number of rotatable bonds is 13. The van der Waals surface area contributed by atoms with E-state index in [0.717, 1.165) is 94.9 Å². The van der Waals surface area contributed by atoms with Crippen LogP contribution < -0.4 is 26.0 Å². The van der Waals surface area contributed by atoms with Crippen LogP contribution in [0.5, 0.6) is 6.01 Å². The van der Waals surface area contributed by atoms with Crippen LogP contribution in [0.25, 0.3) is 44.0 Å². The number of anilines is 1. The summed E-state index contributed by atoms with van der Waals surface area (Å²) in [5, 5.41) is 18.1. The Morgan fingerprint density at radius 3 is 2.52 bits per heavy atom. The monoisotopic (exact) mass is 1090 g/mol. The molecule has 3 amide bonds. The van der Waals surface area contributed by atoms with Crippen molar-refractivity contribution in [3.63, 3.8) is 0 Å². The summed E-state index contributed by atoms with van der Waals surface area (Å²) in [4.78, 5) is 74.3. The van der Waals surface area contributed by atoms with Gasteiger partial charge in [-0.25, -0.2) is 18.4 Å². The molecule has 18 nitrogen and oxygen atoms in total. The first-order chi connectivity index (χ1) is 38.8. The fourth-order valence-electron chi connectivity index (χ4n) is 14.9. The van der Waals surface area contributed by atoms with Gasteiger partial charge in [-0.3, -0.25) is 38.8 Å². The zero-order chi connectivity index (χ0) is 55.0. The highest BCUT2D eigenvalue weighted by molar-refractivity contribution is 6.02. The van der Waals surface area contributed by atoms with Crippen molar-refractivity contribution >= 4 is 56.4 Å². The van der Waals surface area contributed by atoms with Gasteiger partial charge in [-0.2, -0.15) is 9.97 Å². The first kappa shape index (κ1) is 52.3. The van der Waals surface area contributed by atoms with Gasteiger partial charge in [0.25, 0.3) is 0 Å². The fraction of sp³-hybridized carbons (Fsp3) is 0.517. The van der Waals surface area contributed by atoms with Gasteiger partial charge in [0.2, 0.25) is 11.8 Å². The minimum Gasteiger partial charge on any atom is -0.465 e. The van der Waals surface area contributed by atoms with E-state index in [4.69, 9.17) is 25.9 Å². The third-order valence-electron chi connectivity index (χ3n) is 18.9. The lowest BCUT2D eigenvalue weighted by Crippen LogP contribution is -2.51. The van der Waals surface area contributed by atoms with Crippen LogP contribution in [0.2, 0.25) is 0 Å². The zero-order valence-corrected chi connectivity index (χ0v) is 45.0. The van der Waals surface area contributed by atoms with Gasteiger partial charge in [0, 0.05) is 101 Å². The molecule has 3 aromatic heterocycles. The summed E-state index contributed by atoms with van der Waals surface area (Å²) in [5.41, 5.74) is 2.36. The van der Waals surface area contributed by atoms with Crippen molar-refractivity contribution in [1.29, 1.82) is 0 Å². The lowest BCUT2D eigenvalue weighted by Gasteiger charge is -2.42. The smallest absolute Gasteiger partial charge is 0.407 e. The number of nitrogens with zero attached hydrogens (tertiary/aromatic N) is 9. The number of halogens is 2. The molecule has 7 fully saturated rings. The van der Waals surface area contributed by atoms with Crippen molar-refractivity contribution < 1.29 is 37.7 Å². The molecule has 7 atom stereocenters. The van der Waals surface area contributed by atoms with E-state index in [2.05, 4.69) is 36.2 Å². The average Bonchev–Trinajstić information content (AvgIpc) is 4.34. The summed E-state index contributed by atoms with van der Waals surface area (Å²) in [7, 11) is 1.73. The van der Waals surface area contributed by atoms with Crippen LogP contribution in [-0.2, 0) is 27.9 Å². The maximum atomic E-state index is 17.3. The Hall–Kier alpha value is -7.05. The summed E-state index contributed by atoms with van der Waals surface area (Å²) < 4.78 is 48.9. The number of amides is 3. The Bertz CT molecular complexity index is 3550. The van der Waals surface area contributed by atoms with E-state index in [-0.39, 0.29) is 89.0 Å². The molecule has 7 aliphatic rings. The van der Waals surface area contributed by atoms with Crippen LogP contribution in [0.3, 0.4) is 0 Å². The number of aryl methyl sites for hydroxylation is 1. The van der Waals surface area contributed by atoms with Gasteiger partial charge in [0.05, 0.1) is 33.6 Å². The highest BCUT2D eigenvalue weighted by Gasteiger charge is 2.51. The number of piperazine rings is 1. The average molecular weight is 1090 g/mol. The zero-order valence-electron chi connectivity index (χ0n) is 45.0. The van der Waals surface area contributed by atoms with E-state index >= 15 is 8.78 Å². The van der Waals surface area contributed by atoms with E-state index in [1.54, 1.807) is 40.9 Å². The molecule has 2 bridgehead atoms. The van der Waals surface area contributed by atoms with Crippen LogP contribution in [0.4, 0.5) is 19.4 Å². The molecule has 5 unspecified atom stereocenters. The second kappa shape index (κ2) is 21.1. The van der Waals surface area contributed by atoms with Gasteiger partial charge in [-0.15, -0.1) is 6.42 Å². The number of carbonyl (C=O) groups is 3. The van der Waals surface area contributed by atoms with E-state index < -0.39 is 29.7 Å². The summed E-state index contributed by atoms with van der Waals surface area (Å²) >= 11 is 0. The molecule has 3 N–H and O–H groups in total. The van der Waals surface area contributed by atoms with E-state index in [1.807, 2.05) is 24.3 Å². The second-order valence-corrected chi connectivity index (χ2v) is 23.6. The number of hydrogen-bond acceptors (Lipinski definition) is 13. The summed E-state index contributed by atoms with van der Waals surface area (Å²) in [6.45, 7) is 5.85. The molecule has 10 heterocycles. The third-order valence-corrected chi connectivity index (χ3v) is 18.9. The number of likely N-dealkylation sites (tertiary alicyclic amines) is 2. The Balaban J connectivity index is 0.671. The van der Waals surface area contributed by atoms with Crippen molar-refractivity contribution in [2.45, 2.75) is 132 Å². The third kappa shape index (κ3) is 9.42. The van der Waals surface area contributed by atoms with E-state index in [9.17, 15) is 24.3 Å². The van der Waals surface area contributed by atoms with Crippen molar-refractivity contribution in [1.82, 2.24) is 49.4 Å². The number of pyridine rings is 1. The Morgan fingerprint density at radius 2 is 1.74 bits per heavy atom. The number of carbonyl (C=O) groups excluding carboxylic acids is 2. The molecule has 3 aromatic carbocycles. The maximum absolute atomic E-state index is 17.3. The quantitative estimate of drug-likeness (QED) is 0.0801. The minimum absolute atomic E-state index is 0.00859. The number of terminal acetylenes is 1. The van der Waals surface area contributed by atoms with Gasteiger partial charge < -0.3 is 29.7 Å². The minimum atomic E-state index is -0.893. The first-order valence-electron chi connectivity index (χ1n) is 28.6. The lowest BCUT2D eigenvalue weighted by atomic mass is 9.87. The number of ether oxygens (including phenoxy) is 2. The largest absolute Gasteiger partial charge is 0.465 e. The highest BCUT2D eigenvalue weighted by atomic mass is 19.1. The Morgan fingerprint density at radius 1 is 0.925 bits per heavy atom. The number of fused-ring (bicyclic) bond motifs is 6. The summed E-state index contributed by atoms with van der Waals surface area (Å²) in [5.74, 6) is 1.25. The fourth-order valence-corrected chi connectivity index (χ4v) is 14.9. The van der Waals surface area contributed by atoms with E-state index in [0.29, 0.717) is 78.9 Å². The Kier molecular flexibility index (Phi) is 13.8. The SMILES string of the molecule is C#Cc1c(F)ccc2cccc(-c3ncc4c(N5CC6CCC(C5)N6)nc(OC[C@@]56CCCN5[C@H](CC5CC(COC7CCN(Cc8cccc9c8n(C)c(=O)n9C8CCC(=O)NC8=O)CC7)CCN5C(=O)O)CC6)nc4c3F)c12. The number of piperidine rings is 3. The van der Waals surface area contributed by atoms with Gasteiger partial charge >= 0.3 is 17.8 Å². The van der Waals surface area contributed by atoms with Gasteiger partial charge in [0.15, 0.2) is 5.82 Å². The first-order valence-corrected chi connectivity index (χ1v) is 28.6. The number of para-hydroxylation sites is 1. The van der Waals surface area contributed by atoms with Crippen molar-refractivity contribution in [2.75, 3.05) is 57.4 Å². The van der Waals surface area contributed by atoms with Gasteiger partial charge in [-0.05, 0) is 113 Å². The highest BCUT2D eigenvalue weighted by Crippen LogP contribution is 2.46. The topological polar surface area (TPSA) is 193 Å². The number of aromatic nitrogens is 5. The summed E-state index contributed by atoms with van der Waals surface area (Å²) in [6.07, 6.45) is 16.7. The van der Waals surface area contributed by atoms with E-state index in [1.165, 1.54) is 10.6 Å². The second-order valence-electron chi connectivity index (χ2n) is 23.6. The molecule has 7 aliphatic heterocycles. The van der Waals surface area contributed by atoms with Crippen LogP contribution in [0.1, 0.15) is 101 Å². The Labute approximate surface area is 461 Å². The molecule has 0 saturated carbocycles. The molecule has 6 aromatic rings.